The predicted molar refractivity (Wildman–Crippen MR) is 105 cm³/mol. The molecule has 1 aromatic carbocycles. The molecule has 0 saturated heterocycles. The van der Waals surface area contributed by atoms with Crippen molar-refractivity contribution in [3.8, 4) is 0 Å². The average molecular weight is 482 g/mol. The number of hydrogen-bond donors (Lipinski definition) is 1. The molecule has 2 rings (SSSR count). The number of amides is 1. The standard InChI is InChI=1S/C18H22F3N2O8P/c1-4-10(3)31-32(28,29)14-6-7-22(16(24)17(25)30-5-2)15-12(14)8-11(18(19,20)21)9-13(15)23(26)27/h8-10,14H,4-7H2,1-3H3,(H,28,29). The van der Waals surface area contributed by atoms with E-state index in [-0.39, 0.29) is 19.1 Å². The van der Waals surface area contributed by atoms with Crippen molar-refractivity contribution in [1.29, 1.82) is 0 Å². The van der Waals surface area contributed by atoms with Crippen LogP contribution in [0.5, 0.6) is 0 Å². The number of anilines is 1. The summed E-state index contributed by atoms with van der Waals surface area (Å²) in [5.74, 6) is -2.71. The molecule has 1 heterocycles. The van der Waals surface area contributed by atoms with Gasteiger partial charge in [-0.05, 0) is 38.3 Å². The zero-order chi connectivity index (χ0) is 24.4. The number of hydrogen-bond acceptors (Lipinski definition) is 7. The average Bonchev–Trinajstić information content (AvgIpc) is 2.70. The van der Waals surface area contributed by atoms with Gasteiger partial charge in [0.05, 0.1) is 28.9 Å². The first-order valence-electron chi connectivity index (χ1n) is 9.63. The summed E-state index contributed by atoms with van der Waals surface area (Å²) in [6.45, 7) is 3.93. The highest BCUT2D eigenvalue weighted by molar-refractivity contribution is 7.53. The van der Waals surface area contributed by atoms with Crippen molar-refractivity contribution >= 4 is 30.8 Å². The van der Waals surface area contributed by atoms with Crippen molar-refractivity contribution < 1.29 is 46.4 Å². The Bertz CT molecular complexity index is 968. The molecule has 178 valence electrons. The van der Waals surface area contributed by atoms with Crippen LogP contribution in [0.3, 0.4) is 0 Å². The number of ether oxygens (including phenoxy) is 1. The molecule has 0 aliphatic carbocycles. The number of esters is 1. The highest BCUT2D eigenvalue weighted by Gasteiger charge is 2.47. The number of carbonyl (C=O) groups is 2. The molecule has 1 amide bonds. The van der Waals surface area contributed by atoms with E-state index >= 15 is 0 Å². The Kier molecular flexibility index (Phi) is 7.69. The third-order valence-corrected chi connectivity index (χ3v) is 6.88. The van der Waals surface area contributed by atoms with Crippen LogP contribution in [0.15, 0.2) is 12.1 Å². The molecule has 1 aliphatic heterocycles. The molecule has 1 aromatic rings. The van der Waals surface area contributed by atoms with Gasteiger partial charge in [0.2, 0.25) is 0 Å². The Balaban J connectivity index is 2.77. The molecule has 0 aromatic heterocycles. The lowest BCUT2D eigenvalue weighted by atomic mass is 9.96. The number of benzene rings is 1. The first-order chi connectivity index (χ1) is 14.7. The lowest BCUT2D eigenvalue weighted by molar-refractivity contribution is -0.384. The molecule has 0 radical (unpaired) electrons. The largest absolute Gasteiger partial charge is 0.459 e. The monoisotopic (exact) mass is 482 g/mol. The molecule has 32 heavy (non-hydrogen) atoms. The Morgan fingerprint density at radius 1 is 1.38 bits per heavy atom. The Labute approximate surface area is 181 Å². The van der Waals surface area contributed by atoms with Crippen LogP contribution >= 0.6 is 7.60 Å². The van der Waals surface area contributed by atoms with Crippen LogP contribution in [0.25, 0.3) is 0 Å². The zero-order valence-corrected chi connectivity index (χ0v) is 18.3. The minimum absolute atomic E-state index is 0.183. The third kappa shape index (κ3) is 5.28. The molecule has 14 heteroatoms. The van der Waals surface area contributed by atoms with Gasteiger partial charge in [0.25, 0.3) is 5.69 Å². The summed E-state index contributed by atoms with van der Waals surface area (Å²) in [5.41, 5.74) is -5.41. The first-order valence-corrected chi connectivity index (χ1v) is 11.3. The van der Waals surface area contributed by atoms with E-state index in [4.69, 9.17) is 4.52 Å². The highest BCUT2D eigenvalue weighted by Crippen LogP contribution is 2.63. The molecule has 1 N–H and O–H groups in total. The van der Waals surface area contributed by atoms with Crippen molar-refractivity contribution in [2.45, 2.75) is 51.6 Å². The highest BCUT2D eigenvalue weighted by atomic mass is 31.2. The van der Waals surface area contributed by atoms with Gasteiger partial charge in [-0.2, -0.15) is 13.2 Å². The number of alkyl halides is 3. The normalized spacial score (nSPS) is 19.0. The van der Waals surface area contributed by atoms with Crippen LogP contribution in [-0.2, 0) is 29.6 Å². The van der Waals surface area contributed by atoms with Crippen molar-refractivity contribution in [1.82, 2.24) is 0 Å². The summed E-state index contributed by atoms with van der Waals surface area (Å²) < 4.78 is 63.0. The smallest absolute Gasteiger partial charge is 0.416 e. The fraction of sp³-hybridized carbons (Fsp3) is 0.556. The van der Waals surface area contributed by atoms with Gasteiger partial charge in [0, 0.05) is 12.6 Å². The first kappa shape index (κ1) is 25.8. The second-order valence-electron chi connectivity index (χ2n) is 7.06. The number of halogens is 3. The summed E-state index contributed by atoms with van der Waals surface area (Å²) in [6, 6.07) is 0.685. The maximum atomic E-state index is 13.4. The van der Waals surface area contributed by atoms with E-state index in [1.54, 1.807) is 6.92 Å². The zero-order valence-electron chi connectivity index (χ0n) is 17.4. The summed E-state index contributed by atoms with van der Waals surface area (Å²) in [5, 5.41) is 11.6. The summed E-state index contributed by atoms with van der Waals surface area (Å²) >= 11 is 0. The van der Waals surface area contributed by atoms with Crippen LogP contribution < -0.4 is 4.90 Å². The van der Waals surface area contributed by atoms with Crippen LogP contribution in [-0.4, -0.2) is 40.9 Å². The van der Waals surface area contributed by atoms with Gasteiger partial charge in [-0.25, -0.2) is 4.79 Å². The van der Waals surface area contributed by atoms with Gasteiger partial charge >= 0.3 is 25.6 Å². The molecule has 0 bridgehead atoms. The number of nitrogens with zero attached hydrogens (tertiary/aromatic N) is 2. The van der Waals surface area contributed by atoms with Crippen molar-refractivity contribution in [3.05, 3.63) is 33.4 Å². The van der Waals surface area contributed by atoms with Gasteiger partial charge in [-0.3, -0.25) is 24.4 Å². The maximum absolute atomic E-state index is 13.4. The molecular formula is C18H22F3N2O8P. The number of rotatable bonds is 6. The fourth-order valence-corrected chi connectivity index (χ4v) is 5.06. The number of nitro groups is 1. The van der Waals surface area contributed by atoms with E-state index in [2.05, 4.69) is 4.74 Å². The number of nitro benzene ring substituents is 1. The van der Waals surface area contributed by atoms with E-state index in [9.17, 15) is 42.3 Å². The second kappa shape index (κ2) is 9.55. The number of carbonyl (C=O) groups excluding carboxylic acids is 2. The van der Waals surface area contributed by atoms with E-state index in [0.29, 0.717) is 17.4 Å². The molecular weight excluding hydrogens is 460 g/mol. The van der Waals surface area contributed by atoms with E-state index < -0.39 is 71.4 Å². The minimum atomic E-state index is -5.02. The molecule has 0 saturated carbocycles. The topological polar surface area (TPSA) is 136 Å². The maximum Gasteiger partial charge on any atom is 0.416 e. The van der Waals surface area contributed by atoms with Gasteiger partial charge in [0.15, 0.2) is 0 Å². The Hall–Kier alpha value is -2.50. The van der Waals surface area contributed by atoms with E-state index in [0.717, 1.165) is 0 Å². The van der Waals surface area contributed by atoms with Gasteiger partial charge in [-0.1, -0.05) is 6.92 Å². The number of fused-ring (bicyclic) bond motifs is 1. The van der Waals surface area contributed by atoms with Crippen LogP contribution in [0.2, 0.25) is 0 Å². The van der Waals surface area contributed by atoms with Crippen molar-refractivity contribution in [2.75, 3.05) is 18.1 Å². The quantitative estimate of drug-likeness (QED) is 0.212. The fourth-order valence-electron chi connectivity index (χ4n) is 3.26. The molecule has 10 nitrogen and oxygen atoms in total. The van der Waals surface area contributed by atoms with Crippen molar-refractivity contribution in [2.24, 2.45) is 0 Å². The van der Waals surface area contributed by atoms with Crippen molar-refractivity contribution in [3.63, 3.8) is 0 Å². The van der Waals surface area contributed by atoms with Gasteiger partial charge < -0.3 is 14.2 Å². The Morgan fingerprint density at radius 2 is 2.00 bits per heavy atom. The Morgan fingerprint density at radius 3 is 2.50 bits per heavy atom. The third-order valence-electron chi connectivity index (χ3n) is 4.89. The lowest BCUT2D eigenvalue weighted by Crippen LogP contribution is -2.42. The van der Waals surface area contributed by atoms with E-state index in [1.807, 2.05) is 0 Å². The predicted octanol–water partition coefficient (Wildman–Crippen LogP) is 3.96. The summed E-state index contributed by atoms with van der Waals surface area (Å²) in [7, 11) is -4.63. The van der Waals surface area contributed by atoms with Crippen LogP contribution in [0.1, 0.15) is 50.4 Å². The lowest BCUT2D eigenvalue weighted by Gasteiger charge is -2.35. The molecule has 0 fully saturated rings. The molecule has 0 spiro atoms. The van der Waals surface area contributed by atoms with Gasteiger partial charge in [0.1, 0.15) is 5.69 Å². The van der Waals surface area contributed by atoms with E-state index in [1.165, 1.54) is 13.8 Å². The SMILES string of the molecule is CCOC(=O)C(=O)N1CCC(P(=O)(O)OC(C)CC)c2cc(C(F)(F)F)cc([N+](=O)[O-])c21. The minimum Gasteiger partial charge on any atom is -0.459 e. The molecule has 3 atom stereocenters. The summed E-state index contributed by atoms with van der Waals surface area (Å²) in [6.07, 6.45) is -5.80. The van der Waals surface area contributed by atoms with Crippen LogP contribution in [0.4, 0.5) is 24.5 Å². The summed E-state index contributed by atoms with van der Waals surface area (Å²) in [4.78, 5) is 46.0. The van der Waals surface area contributed by atoms with Crippen LogP contribution in [0, 0.1) is 10.1 Å². The second-order valence-corrected chi connectivity index (χ2v) is 9.02. The molecule has 1 aliphatic rings. The van der Waals surface area contributed by atoms with Gasteiger partial charge in [-0.15, -0.1) is 0 Å². The molecule has 3 unspecified atom stereocenters.